The molecule has 1 rings (SSSR count). The lowest BCUT2D eigenvalue weighted by Gasteiger charge is -1.98. The maximum absolute atomic E-state index is 11.0. The predicted molar refractivity (Wildman–Crippen MR) is 54.6 cm³/mol. The van der Waals surface area contributed by atoms with Crippen LogP contribution in [0.1, 0.15) is 18.1 Å². The summed E-state index contributed by atoms with van der Waals surface area (Å²) in [6.07, 6.45) is 6.60. The minimum atomic E-state index is -0.316. The second kappa shape index (κ2) is 5.17. The van der Waals surface area contributed by atoms with Gasteiger partial charge in [-0.15, -0.1) is 0 Å². The summed E-state index contributed by atoms with van der Waals surface area (Å²) in [6.45, 7) is 4.12. The third kappa shape index (κ3) is 3.01. The molecule has 0 aliphatic carbocycles. The highest BCUT2D eigenvalue weighted by molar-refractivity contribution is 5.87. The molecule has 0 amide bonds. The topological polar surface area (TPSA) is 39.2 Å². The minimum Gasteiger partial charge on any atom is -0.463 e. The molecule has 0 saturated heterocycles. The summed E-state index contributed by atoms with van der Waals surface area (Å²) in [5, 5.41) is 0. The molecule has 0 fully saturated rings. The Labute approximate surface area is 83.4 Å². The van der Waals surface area contributed by atoms with Crippen molar-refractivity contribution in [3.63, 3.8) is 0 Å². The molecule has 0 N–H and O–H groups in total. The fourth-order valence-electron chi connectivity index (χ4n) is 1.02. The first-order valence-corrected chi connectivity index (χ1v) is 4.49. The van der Waals surface area contributed by atoms with Gasteiger partial charge >= 0.3 is 5.97 Å². The molecule has 0 unspecified atom stereocenters. The van der Waals surface area contributed by atoms with Crippen molar-refractivity contribution in [1.82, 2.24) is 4.98 Å². The molecule has 1 aromatic heterocycles. The van der Waals surface area contributed by atoms with E-state index >= 15 is 0 Å². The summed E-state index contributed by atoms with van der Waals surface area (Å²) < 4.78 is 4.76. The van der Waals surface area contributed by atoms with E-state index in [0.29, 0.717) is 6.61 Å². The zero-order valence-electron chi connectivity index (χ0n) is 8.36. The van der Waals surface area contributed by atoms with Crippen LogP contribution in [0.5, 0.6) is 0 Å². The highest BCUT2D eigenvalue weighted by atomic mass is 16.5. The van der Waals surface area contributed by atoms with Crippen molar-refractivity contribution in [2.75, 3.05) is 6.61 Å². The fourth-order valence-corrected chi connectivity index (χ4v) is 1.02. The standard InChI is InChI=1S/C11H13NO2/c1-3-14-11(13)5-4-10-6-7-12-8-9(10)2/h4-8H,3H2,1-2H3. The second-order valence-corrected chi connectivity index (χ2v) is 2.82. The van der Waals surface area contributed by atoms with Gasteiger partial charge in [0.05, 0.1) is 6.61 Å². The second-order valence-electron chi connectivity index (χ2n) is 2.82. The Morgan fingerprint density at radius 1 is 1.64 bits per heavy atom. The third-order valence-electron chi connectivity index (χ3n) is 1.75. The van der Waals surface area contributed by atoms with Gasteiger partial charge in [0.15, 0.2) is 0 Å². The number of ether oxygens (including phenoxy) is 1. The zero-order chi connectivity index (χ0) is 10.4. The summed E-state index contributed by atoms with van der Waals surface area (Å²) >= 11 is 0. The molecular formula is C11H13NO2. The van der Waals surface area contributed by atoms with Crippen molar-refractivity contribution in [1.29, 1.82) is 0 Å². The molecule has 0 aliphatic rings. The highest BCUT2D eigenvalue weighted by Crippen LogP contribution is 2.06. The normalized spacial score (nSPS) is 10.4. The number of aromatic nitrogens is 1. The molecule has 3 nitrogen and oxygen atoms in total. The average molecular weight is 191 g/mol. The van der Waals surface area contributed by atoms with E-state index in [0.717, 1.165) is 11.1 Å². The first-order chi connectivity index (χ1) is 6.74. The van der Waals surface area contributed by atoms with Gasteiger partial charge in [0, 0.05) is 18.5 Å². The number of carbonyl (C=O) groups is 1. The van der Waals surface area contributed by atoms with E-state index in [4.69, 9.17) is 4.74 Å². The number of hydrogen-bond acceptors (Lipinski definition) is 3. The molecule has 0 saturated carbocycles. The van der Waals surface area contributed by atoms with Gasteiger partial charge in [0.25, 0.3) is 0 Å². The molecule has 1 heterocycles. The smallest absolute Gasteiger partial charge is 0.330 e. The van der Waals surface area contributed by atoms with Crippen LogP contribution in [-0.4, -0.2) is 17.6 Å². The van der Waals surface area contributed by atoms with Crippen LogP contribution in [-0.2, 0) is 9.53 Å². The quantitative estimate of drug-likeness (QED) is 0.541. The van der Waals surface area contributed by atoms with Crippen LogP contribution in [0.2, 0.25) is 0 Å². The van der Waals surface area contributed by atoms with Gasteiger partial charge in [-0.05, 0) is 37.1 Å². The van der Waals surface area contributed by atoms with E-state index in [1.165, 1.54) is 6.08 Å². The zero-order valence-corrected chi connectivity index (χ0v) is 8.36. The van der Waals surface area contributed by atoms with Gasteiger partial charge in [-0.2, -0.15) is 0 Å². The monoisotopic (exact) mass is 191 g/mol. The lowest BCUT2D eigenvalue weighted by atomic mass is 10.1. The number of hydrogen-bond donors (Lipinski definition) is 0. The Morgan fingerprint density at radius 3 is 3.07 bits per heavy atom. The van der Waals surface area contributed by atoms with Crippen molar-refractivity contribution in [2.45, 2.75) is 13.8 Å². The minimum absolute atomic E-state index is 0.316. The number of pyridine rings is 1. The van der Waals surface area contributed by atoms with Crippen LogP contribution >= 0.6 is 0 Å². The molecule has 74 valence electrons. The van der Waals surface area contributed by atoms with Crippen molar-refractivity contribution in [3.8, 4) is 0 Å². The van der Waals surface area contributed by atoms with Gasteiger partial charge in [-0.3, -0.25) is 4.98 Å². The first kappa shape index (κ1) is 10.4. The van der Waals surface area contributed by atoms with Gasteiger partial charge in [-0.25, -0.2) is 4.79 Å². The molecule has 1 aromatic rings. The van der Waals surface area contributed by atoms with Gasteiger partial charge in [-0.1, -0.05) is 0 Å². The molecule has 0 atom stereocenters. The van der Waals surface area contributed by atoms with E-state index in [-0.39, 0.29) is 5.97 Å². The van der Waals surface area contributed by atoms with Crippen LogP contribution in [0.15, 0.2) is 24.5 Å². The lowest BCUT2D eigenvalue weighted by Crippen LogP contribution is -1.98. The summed E-state index contributed by atoms with van der Waals surface area (Å²) in [4.78, 5) is 15.0. The van der Waals surface area contributed by atoms with Crippen molar-refractivity contribution in [3.05, 3.63) is 35.7 Å². The fraction of sp³-hybridized carbons (Fsp3) is 0.273. The van der Waals surface area contributed by atoms with Crippen molar-refractivity contribution in [2.24, 2.45) is 0 Å². The lowest BCUT2D eigenvalue weighted by molar-refractivity contribution is -0.137. The number of nitrogens with zero attached hydrogens (tertiary/aromatic N) is 1. The Balaban J connectivity index is 2.69. The number of rotatable bonds is 3. The molecular weight excluding hydrogens is 178 g/mol. The highest BCUT2D eigenvalue weighted by Gasteiger charge is 1.95. The molecule has 0 aliphatic heterocycles. The Morgan fingerprint density at radius 2 is 2.43 bits per heavy atom. The average Bonchev–Trinajstić information content (AvgIpc) is 2.17. The number of esters is 1. The van der Waals surface area contributed by atoms with Crippen LogP contribution < -0.4 is 0 Å². The molecule has 14 heavy (non-hydrogen) atoms. The largest absolute Gasteiger partial charge is 0.463 e. The first-order valence-electron chi connectivity index (χ1n) is 4.49. The van der Waals surface area contributed by atoms with Crippen molar-refractivity contribution < 1.29 is 9.53 Å². The van der Waals surface area contributed by atoms with E-state index in [9.17, 15) is 4.79 Å². The van der Waals surface area contributed by atoms with Crippen LogP contribution in [0, 0.1) is 6.92 Å². The van der Waals surface area contributed by atoms with Crippen LogP contribution in [0.3, 0.4) is 0 Å². The molecule has 0 bridgehead atoms. The van der Waals surface area contributed by atoms with E-state index in [1.54, 1.807) is 25.4 Å². The Kier molecular flexibility index (Phi) is 3.85. The van der Waals surface area contributed by atoms with E-state index in [1.807, 2.05) is 13.0 Å². The predicted octanol–water partition coefficient (Wildman–Crippen LogP) is 1.97. The van der Waals surface area contributed by atoms with Crippen LogP contribution in [0.25, 0.3) is 6.08 Å². The number of aryl methyl sites for hydroxylation is 1. The SMILES string of the molecule is CCOC(=O)C=Cc1ccncc1C. The summed E-state index contributed by atoms with van der Waals surface area (Å²) in [5.74, 6) is -0.316. The van der Waals surface area contributed by atoms with Gasteiger partial charge < -0.3 is 4.74 Å². The van der Waals surface area contributed by atoms with Gasteiger partial charge in [0.1, 0.15) is 0 Å². The molecule has 0 spiro atoms. The Bertz CT molecular complexity index is 345. The van der Waals surface area contributed by atoms with E-state index in [2.05, 4.69) is 4.98 Å². The Hall–Kier alpha value is -1.64. The number of carbonyl (C=O) groups excluding carboxylic acids is 1. The van der Waals surface area contributed by atoms with Gasteiger partial charge in [0.2, 0.25) is 0 Å². The van der Waals surface area contributed by atoms with Crippen LogP contribution in [0.4, 0.5) is 0 Å². The van der Waals surface area contributed by atoms with Crippen molar-refractivity contribution >= 4 is 12.0 Å². The van der Waals surface area contributed by atoms with E-state index < -0.39 is 0 Å². The molecule has 0 radical (unpaired) electrons. The third-order valence-corrected chi connectivity index (χ3v) is 1.75. The summed E-state index contributed by atoms with van der Waals surface area (Å²) in [7, 11) is 0. The maximum atomic E-state index is 11.0. The summed E-state index contributed by atoms with van der Waals surface area (Å²) in [6, 6.07) is 1.85. The maximum Gasteiger partial charge on any atom is 0.330 e. The molecule has 3 heteroatoms. The molecule has 0 aromatic carbocycles. The summed E-state index contributed by atoms with van der Waals surface area (Å²) in [5.41, 5.74) is 2.01.